The summed E-state index contributed by atoms with van der Waals surface area (Å²) in [5.74, 6) is 1.75. The summed E-state index contributed by atoms with van der Waals surface area (Å²) in [4.78, 5) is 7.18. The first-order valence-electron chi connectivity index (χ1n) is 8.62. The minimum Gasteiger partial charge on any atom is -0.467 e. The Balaban J connectivity index is 1.77. The van der Waals surface area contributed by atoms with Crippen molar-refractivity contribution in [2.24, 2.45) is 4.99 Å². The summed E-state index contributed by atoms with van der Waals surface area (Å²) >= 11 is 0. The monoisotopic (exact) mass is 306 g/mol. The van der Waals surface area contributed by atoms with Crippen molar-refractivity contribution in [2.75, 3.05) is 26.2 Å². The maximum absolute atomic E-state index is 5.32. The molecule has 0 radical (unpaired) electrons. The minimum absolute atomic E-state index is 0.573. The van der Waals surface area contributed by atoms with E-state index in [0.29, 0.717) is 6.54 Å². The van der Waals surface area contributed by atoms with Crippen LogP contribution in [0.1, 0.15) is 45.3 Å². The van der Waals surface area contributed by atoms with Crippen molar-refractivity contribution in [3.63, 3.8) is 0 Å². The van der Waals surface area contributed by atoms with Gasteiger partial charge in [0.2, 0.25) is 0 Å². The third-order valence-electron chi connectivity index (χ3n) is 4.23. The van der Waals surface area contributed by atoms with Gasteiger partial charge < -0.3 is 15.1 Å². The molecule has 0 bridgehead atoms. The average molecular weight is 306 g/mol. The lowest BCUT2D eigenvalue weighted by Crippen LogP contribution is -2.45. The Morgan fingerprint density at radius 2 is 2.27 bits per heavy atom. The predicted molar refractivity (Wildman–Crippen MR) is 91.0 cm³/mol. The SMILES string of the molecule is CCNC(=NCc1ccco1)NCCN1CCCCC1CC. The number of guanidine groups is 1. The highest BCUT2D eigenvalue weighted by molar-refractivity contribution is 5.79. The van der Waals surface area contributed by atoms with E-state index < -0.39 is 0 Å². The van der Waals surface area contributed by atoms with Crippen LogP contribution < -0.4 is 10.6 Å². The first-order chi connectivity index (χ1) is 10.8. The van der Waals surface area contributed by atoms with Crippen LogP contribution in [0.25, 0.3) is 0 Å². The molecule has 1 aromatic rings. The van der Waals surface area contributed by atoms with Gasteiger partial charge in [-0.2, -0.15) is 0 Å². The van der Waals surface area contributed by atoms with E-state index in [1.165, 1.54) is 32.2 Å². The third kappa shape index (κ3) is 5.37. The van der Waals surface area contributed by atoms with Crippen molar-refractivity contribution in [3.05, 3.63) is 24.2 Å². The van der Waals surface area contributed by atoms with E-state index >= 15 is 0 Å². The zero-order valence-electron chi connectivity index (χ0n) is 14.0. The fraction of sp³-hybridized carbons (Fsp3) is 0.706. The van der Waals surface area contributed by atoms with E-state index in [1.54, 1.807) is 6.26 Å². The van der Waals surface area contributed by atoms with Gasteiger partial charge in [-0.1, -0.05) is 13.3 Å². The zero-order chi connectivity index (χ0) is 15.6. The number of hydrogen-bond donors (Lipinski definition) is 2. The summed E-state index contributed by atoms with van der Waals surface area (Å²) in [6.07, 6.45) is 7.01. The Kier molecular flexibility index (Phi) is 7.30. The second kappa shape index (κ2) is 9.51. The standard InChI is InChI=1S/C17H30N4O/c1-3-15-8-5-6-11-21(15)12-10-19-17(18-4-2)20-14-16-9-7-13-22-16/h7,9,13,15H,3-6,8,10-12,14H2,1-2H3,(H2,18,19,20). The second-order valence-electron chi connectivity index (χ2n) is 5.80. The van der Waals surface area contributed by atoms with Gasteiger partial charge in [0.15, 0.2) is 5.96 Å². The molecular formula is C17H30N4O. The normalized spacial score (nSPS) is 20.1. The number of furan rings is 1. The lowest BCUT2D eigenvalue weighted by Gasteiger charge is -2.35. The maximum Gasteiger partial charge on any atom is 0.191 e. The van der Waals surface area contributed by atoms with Crippen LogP contribution in [0, 0.1) is 0 Å². The van der Waals surface area contributed by atoms with Crippen LogP contribution >= 0.6 is 0 Å². The van der Waals surface area contributed by atoms with Gasteiger partial charge in [-0.15, -0.1) is 0 Å². The molecule has 1 saturated heterocycles. The van der Waals surface area contributed by atoms with Gasteiger partial charge in [0.05, 0.1) is 6.26 Å². The van der Waals surface area contributed by atoms with Crippen molar-refractivity contribution in [2.45, 2.75) is 52.1 Å². The number of nitrogens with one attached hydrogen (secondary N) is 2. The summed E-state index contributed by atoms with van der Waals surface area (Å²) in [5, 5.41) is 6.72. The molecule has 1 atom stereocenters. The predicted octanol–water partition coefficient (Wildman–Crippen LogP) is 2.60. The fourth-order valence-electron chi connectivity index (χ4n) is 3.04. The zero-order valence-corrected chi connectivity index (χ0v) is 14.0. The molecule has 1 aliphatic rings. The van der Waals surface area contributed by atoms with Crippen molar-refractivity contribution in [3.8, 4) is 0 Å². The number of likely N-dealkylation sites (tertiary alicyclic amines) is 1. The quantitative estimate of drug-likeness (QED) is 0.600. The van der Waals surface area contributed by atoms with E-state index in [-0.39, 0.29) is 0 Å². The molecule has 22 heavy (non-hydrogen) atoms. The molecule has 5 nitrogen and oxygen atoms in total. The largest absolute Gasteiger partial charge is 0.467 e. The Bertz CT molecular complexity index is 430. The van der Waals surface area contributed by atoms with Gasteiger partial charge in [-0.05, 0) is 44.9 Å². The van der Waals surface area contributed by atoms with E-state index in [0.717, 1.165) is 37.4 Å². The first-order valence-corrected chi connectivity index (χ1v) is 8.62. The molecule has 5 heteroatoms. The van der Waals surface area contributed by atoms with Crippen LogP contribution in [0.4, 0.5) is 0 Å². The molecule has 1 fully saturated rings. The number of nitrogens with zero attached hydrogens (tertiary/aromatic N) is 2. The van der Waals surface area contributed by atoms with E-state index in [2.05, 4.69) is 34.4 Å². The Labute approximate surface area is 134 Å². The Morgan fingerprint density at radius 3 is 3.00 bits per heavy atom. The second-order valence-corrected chi connectivity index (χ2v) is 5.80. The number of rotatable bonds is 7. The highest BCUT2D eigenvalue weighted by atomic mass is 16.3. The van der Waals surface area contributed by atoms with Crippen molar-refractivity contribution in [1.29, 1.82) is 0 Å². The summed E-state index contributed by atoms with van der Waals surface area (Å²) < 4.78 is 5.32. The summed E-state index contributed by atoms with van der Waals surface area (Å²) in [6.45, 7) is 9.08. The number of piperidine rings is 1. The van der Waals surface area contributed by atoms with Gasteiger partial charge in [-0.25, -0.2) is 4.99 Å². The Hall–Kier alpha value is -1.49. The molecule has 0 spiro atoms. The topological polar surface area (TPSA) is 52.8 Å². The summed E-state index contributed by atoms with van der Waals surface area (Å²) in [5.41, 5.74) is 0. The van der Waals surface area contributed by atoms with Crippen LogP contribution in [-0.4, -0.2) is 43.1 Å². The number of hydrogen-bond acceptors (Lipinski definition) is 3. The molecule has 0 aliphatic carbocycles. The van der Waals surface area contributed by atoms with E-state index in [4.69, 9.17) is 4.42 Å². The summed E-state index contributed by atoms with van der Waals surface area (Å²) in [7, 11) is 0. The van der Waals surface area contributed by atoms with Crippen molar-refractivity contribution < 1.29 is 4.42 Å². The third-order valence-corrected chi connectivity index (χ3v) is 4.23. The fourth-order valence-corrected chi connectivity index (χ4v) is 3.04. The highest BCUT2D eigenvalue weighted by Crippen LogP contribution is 2.18. The molecule has 1 aromatic heterocycles. The van der Waals surface area contributed by atoms with Crippen LogP contribution in [0.2, 0.25) is 0 Å². The van der Waals surface area contributed by atoms with Crippen LogP contribution in [0.15, 0.2) is 27.8 Å². The number of aliphatic imine (C=N–C) groups is 1. The molecule has 2 N–H and O–H groups in total. The molecule has 0 amide bonds. The Morgan fingerprint density at radius 1 is 1.36 bits per heavy atom. The van der Waals surface area contributed by atoms with Crippen LogP contribution in [0.5, 0.6) is 0 Å². The molecular weight excluding hydrogens is 276 g/mol. The van der Waals surface area contributed by atoms with Gasteiger partial charge in [0.25, 0.3) is 0 Å². The molecule has 2 rings (SSSR count). The maximum atomic E-state index is 5.32. The first kappa shape index (κ1) is 16.9. The molecule has 2 heterocycles. The molecule has 0 aromatic carbocycles. The minimum atomic E-state index is 0.573. The highest BCUT2D eigenvalue weighted by Gasteiger charge is 2.19. The van der Waals surface area contributed by atoms with E-state index in [9.17, 15) is 0 Å². The lowest BCUT2D eigenvalue weighted by molar-refractivity contribution is 0.147. The summed E-state index contributed by atoms with van der Waals surface area (Å²) in [6, 6.07) is 4.61. The van der Waals surface area contributed by atoms with Gasteiger partial charge in [0.1, 0.15) is 12.3 Å². The van der Waals surface area contributed by atoms with Crippen molar-refractivity contribution in [1.82, 2.24) is 15.5 Å². The molecule has 124 valence electrons. The van der Waals surface area contributed by atoms with Gasteiger partial charge >= 0.3 is 0 Å². The smallest absolute Gasteiger partial charge is 0.191 e. The van der Waals surface area contributed by atoms with Gasteiger partial charge in [-0.3, -0.25) is 4.90 Å². The van der Waals surface area contributed by atoms with E-state index in [1.807, 2.05) is 12.1 Å². The van der Waals surface area contributed by atoms with Gasteiger partial charge in [0, 0.05) is 25.7 Å². The molecule has 1 aliphatic heterocycles. The lowest BCUT2D eigenvalue weighted by atomic mass is 10.0. The van der Waals surface area contributed by atoms with Crippen molar-refractivity contribution >= 4 is 5.96 Å². The molecule has 1 unspecified atom stereocenters. The van der Waals surface area contributed by atoms with Crippen LogP contribution in [0.3, 0.4) is 0 Å². The average Bonchev–Trinajstić information content (AvgIpc) is 3.06. The van der Waals surface area contributed by atoms with Crippen LogP contribution in [-0.2, 0) is 6.54 Å². The molecule has 0 saturated carbocycles.